The second-order valence-electron chi connectivity index (χ2n) is 9.61. The predicted molar refractivity (Wildman–Crippen MR) is 125 cm³/mol. The minimum Gasteiger partial charge on any atom is -0.487 e. The molecule has 1 unspecified atom stereocenters. The Morgan fingerprint density at radius 1 is 1.08 bits per heavy atom. The van der Waals surface area contributed by atoms with Crippen molar-refractivity contribution in [2.45, 2.75) is 75.4 Å². The lowest BCUT2D eigenvalue weighted by atomic mass is 9.95. The highest BCUT2D eigenvalue weighted by Gasteiger charge is 2.44. The van der Waals surface area contributed by atoms with Gasteiger partial charge in [0.25, 0.3) is 0 Å². The molecular formula is C25H24Cl2F5NO3. The Morgan fingerprint density at radius 2 is 1.72 bits per heavy atom. The molecule has 3 fully saturated rings. The van der Waals surface area contributed by atoms with E-state index in [1.165, 1.54) is 12.1 Å². The lowest BCUT2D eigenvalue weighted by Crippen LogP contribution is -2.46. The van der Waals surface area contributed by atoms with Gasteiger partial charge in [-0.05, 0) is 79.8 Å². The first-order valence-electron chi connectivity index (χ1n) is 11.6. The molecule has 1 aliphatic carbocycles. The summed E-state index contributed by atoms with van der Waals surface area (Å²) in [5.74, 6) is -3.96. The zero-order valence-electron chi connectivity index (χ0n) is 19.0. The summed E-state index contributed by atoms with van der Waals surface area (Å²) in [5, 5.41) is 8.85. The van der Waals surface area contributed by atoms with E-state index in [1.54, 1.807) is 0 Å². The molecule has 0 spiro atoms. The first-order valence-corrected chi connectivity index (χ1v) is 11.9. The van der Waals surface area contributed by atoms with Gasteiger partial charge in [-0.15, -0.1) is 12.4 Å². The summed E-state index contributed by atoms with van der Waals surface area (Å²) < 4.78 is 74.9. The van der Waals surface area contributed by atoms with Crippen molar-refractivity contribution in [3.05, 3.63) is 63.2 Å². The molecule has 2 aliphatic heterocycles. The molecule has 2 aromatic rings. The van der Waals surface area contributed by atoms with E-state index >= 15 is 0 Å². The highest BCUT2D eigenvalue weighted by Crippen LogP contribution is 2.46. The quantitative estimate of drug-likeness (QED) is 0.385. The number of piperidine rings is 1. The van der Waals surface area contributed by atoms with E-state index in [9.17, 15) is 31.9 Å². The molecule has 0 aromatic heterocycles. The number of hydrogen-bond donors (Lipinski definition) is 1. The molecule has 5 rings (SSSR count). The first kappa shape index (κ1) is 26.9. The number of fused-ring (bicyclic) bond motifs is 2. The van der Waals surface area contributed by atoms with Crippen molar-refractivity contribution in [3.8, 4) is 5.75 Å². The summed E-state index contributed by atoms with van der Waals surface area (Å²) in [7, 11) is 0. The molecule has 2 heterocycles. The molecule has 36 heavy (non-hydrogen) atoms. The molecule has 2 saturated heterocycles. The van der Waals surface area contributed by atoms with Crippen LogP contribution in [0, 0.1) is 11.6 Å². The number of ether oxygens (including phenoxy) is 1. The maximum Gasteiger partial charge on any atom is 0.420 e. The fraction of sp³-hybridized carbons (Fsp3) is 0.480. The summed E-state index contributed by atoms with van der Waals surface area (Å²) in [6.45, 7) is 0.421. The van der Waals surface area contributed by atoms with Crippen LogP contribution in [0.3, 0.4) is 0 Å². The summed E-state index contributed by atoms with van der Waals surface area (Å²) in [4.78, 5) is 13.6. The summed E-state index contributed by atoms with van der Waals surface area (Å²) in [6, 6.07) is 4.28. The topological polar surface area (TPSA) is 49.8 Å². The molecule has 11 heteroatoms. The Labute approximate surface area is 215 Å². The molecule has 0 amide bonds. The van der Waals surface area contributed by atoms with E-state index in [4.69, 9.17) is 16.3 Å². The van der Waals surface area contributed by atoms with Crippen LogP contribution in [-0.2, 0) is 12.7 Å². The van der Waals surface area contributed by atoms with Gasteiger partial charge in [-0.3, -0.25) is 4.90 Å². The van der Waals surface area contributed by atoms with Crippen molar-refractivity contribution in [1.29, 1.82) is 0 Å². The molecule has 4 nitrogen and oxygen atoms in total. The molecule has 196 valence electrons. The van der Waals surface area contributed by atoms with Gasteiger partial charge < -0.3 is 9.84 Å². The van der Waals surface area contributed by atoms with Crippen LogP contribution >= 0.6 is 24.0 Å². The van der Waals surface area contributed by atoms with Crippen LogP contribution in [0.5, 0.6) is 5.75 Å². The normalized spacial score (nSPS) is 23.9. The molecule has 2 aromatic carbocycles. The predicted octanol–water partition coefficient (Wildman–Crippen LogP) is 7.21. The van der Waals surface area contributed by atoms with Gasteiger partial charge in [0.05, 0.1) is 10.6 Å². The highest BCUT2D eigenvalue weighted by atomic mass is 35.5. The Bertz CT molecular complexity index is 1160. The van der Waals surface area contributed by atoms with Crippen LogP contribution in [0.25, 0.3) is 0 Å². The third-order valence-electron chi connectivity index (χ3n) is 7.31. The first-order chi connectivity index (χ1) is 16.5. The zero-order chi connectivity index (χ0) is 25.1. The zero-order valence-corrected chi connectivity index (χ0v) is 20.5. The molecular weight excluding hydrogens is 528 g/mol. The van der Waals surface area contributed by atoms with Crippen LogP contribution in [0.1, 0.15) is 71.5 Å². The van der Waals surface area contributed by atoms with Gasteiger partial charge in [0, 0.05) is 18.6 Å². The molecule has 1 N–H and O–H groups in total. The van der Waals surface area contributed by atoms with Crippen LogP contribution in [0.4, 0.5) is 22.0 Å². The van der Waals surface area contributed by atoms with Crippen LogP contribution in [0.2, 0.25) is 5.02 Å². The van der Waals surface area contributed by atoms with E-state index in [-0.39, 0.29) is 36.0 Å². The summed E-state index contributed by atoms with van der Waals surface area (Å²) in [6.07, 6.45) is -1.17. The van der Waals surface area contributed by atoms with Crippen LogP contribution in [0.15, 0.2) is 24.3 Å². The third-order valence-corrected chi connectivity index (χ3v) is 7.60. The Hall–Kier alpha value is -2.10. The fourth-order valence-corrected chi connectivity index (χ4v) is 5.67. The van der Waals surface area contributed by atoms with Crippen LogP contribution < -0.4 is 4.74 Å². The van der Waals surface area contributed by atoms with E-state index in [0.717, 1.165) is 48.9 Å². The van der Waals surface area contributed by atoms with Crippen molar-refractivity contribution in [1.82, 2.24) is 4.90 Å². The molecule has 3 atom stereocenters. The lowest BCUT2D eigenvalue weighted by molar-refractivity contribution is -0.139. The summed E-state index contributed by atoms with van der Waals surface area (Å²) in [5.41, 5.74) is 0.0518. The number of carbonyl (C=O) groups is 1. The lowest BCUT2D eigenvalue weighted by Gasteiger charge is -2.39. The van der Waals surface area contributed by atoms with Gasteiger partial charge >= 0.3 is 12.1 Å². The number of aromatic carboxylic acids is 1. The Balaban J connectivity index is 0.00000304. The number of alkyl halides is 3. The average molecular weight is 552 g/mol. The minimum absolute atomic E-state index is 0. The number of nitrogens with zero attached hydrogens (tertiary/aromatic N) is 1. The van der Waals surface area contributed by atoms with E-state index in [1.807, 2.05) is 0 Å². The molecule has 3 aliphatic rings. The molecule has 1 saturated carbocycles. The smallest absolute Gasteiger partial charge is 0.420 e. The SMILES string of the molecule is Cl.O=C(O)c1cc(C2CC2)c(CN2[C@@H]3CC[C@H]2CC(Oc2c(C(F)(F)F)ccc(Cl)c2F)C3)cc1F. The average Bonchev–Trinajstić information content (AvgIpc) is 3.58. The van der Waals surface area contributed by atoms with Gasteiger partial charge in [0.2, 0.25) is 0 Å². The molecule has 0 radical (unpaired) electrons. The van der Waals surface area contributed by atoms with E-state index in [0.29, 0.717) is 19.4 Å². The number of rotatable bonds is 6. The van der Waals surface area contributed by atoms with E-state index in [2.05, 4.69) is 4.90 Å². The van der Waals surface area contributed by atoms with Gasteiger partial charge in [-0.25, -0.2) is 13.6 Å². The highest BCUT2D eigenvalue weighted by molar-refractivity contribution is 6.30. The van der Waals surface area contributed by atoms with Crippen molar-refractivity contribution in [3.63, 3.8) is 0 Å². The second-order valence-corrected chi connectivity index (χ2v) is 10.0. The maximum absolute atomic E-state index is 14.5. The standard InChI is InChI=1S/C25H23ClF5NO3.ClH/c26-20-6-5-19(25(29,30)31)23(22(20)28)35-16-8-14-3-4-15(9-16)32(14)11-13-7-21(27)18(24(33)34)10-17(13)12-1-2-12;/h5-7,10,12,14-16H,1-4,8-9,11H2,(H,33,34);1H/t14-,15+,16?;. The van der Waals surface area contributed by atoms with Crippen molar-refractivity contribution in [2.75, 3.05) is 0 Å². The number of halogens is 7. The van der Waals surface area contributed by atoms with Crippen molar-refractivity contribution in [2.24, 2.45) is 0 Å². The van der Waals surface area contributed by atoms with Crippen LogP contribution in [-0.4, -0.2) is 34.2 Å². The third kappa shape index (κ3) is 5.15. The second kappa shape index (κ2) is 9.99. The molecule has 2 bridgehead atoms. The van der Waals surface area contributed by atoms with E-state index < -0.39 is 46.2 Å². The Kier molecular flexibility index (Phi) is 7.48. The number of carboxylic acids is 1. The Morgan fingerprint density at radius 3 is 2.28 bits per heavy atom. The number of carboxylic acid groups (broad SMARTS) is 1. The largest absolute Gasteiger partial charge is 0.487 e. The number of benzene rings is 2. The minimum atomic E-state index is -4.79. The summed E-state index contributed by atoms with van der Waals surface area (Å²) >= 11 is 5.73. The number of hydrogen-bond acceptors (Lipinski definition) is 3. The fourth-order valence-electron chi connectivity index (χ4n) is 5.52. The van der Waals surface area contributed by atoms with Gasteiger partial charge in [-0.1, -0.05) is 11.6 Å². The van der Waals surface area contributed by atoms with Gasteiger partial charge in [0.15, 0.2) is 11.6 Å². The van der Waals surface area contributed by atoms with Gasteiger partial charge in [0.1, 0.15) is 17.5 Å². The maximum atomic E-state index is 14.5. The van der Waals surface area contributed by atoms with Crippen molar-refractivity contribution < 1.29 is 36.6 Å². The van der Waals surface area contributed by atoms with Crippen molar-refractivity contribution >= 4 is 30.0 Å². The van der Waals surface area contributed by atoms with Gasteiger partial charge in [-0.2, -0.15) is 13.2 Å². The monoisotopic (exact) mass is 551 g/mol.